The molecule has 14 heavy (non-hydrogen) atoms. The second kappa shape index (κ2) is 3.77. The number of amides is 2. The van der Waals surface area contributed by atoms with E-state index in [1.165, 1.54) is 0 Å². The van der Waals surface area contributed by atoms with Crippen molar-refractivity contribution >= 4 is 6.03 Å². The van der Waals surface area contributed by atoms with Gasteiger partial charge in [0.15, 0.2) is 0 Å². The number of ether oxygens (including phenoxy) is 1. The van der Waals surface area contributed by atoms with Crippen LogP contribution in [0.25, 0.3) is 0 Å². The zero-order valence-electron chi connectivity index (χ0n) is 8.71. The van der Waals surface area contributed by atoms with Crippen LogP contribution in [0.5, 0.6) is 0 Å². The number of rotatable bonds is 2. The summed E-state index contributed by atoms with van der Waals surface area (Å²) in [6.07, 6.45) is 3.32. The molecule has 1 aliphatic carbocycles. The maximum absolute atomic E-state index is 11.8. The molecule has 80 valence electrons. The fourth-order valence-corrected chi connectivity index (χ4v) is 1.79. The van der Waals surface area contributed by atoms with Crippen LogP contribution in [0.3, 0.4) is 0 Å². The zero-order chi connectivity index (χ0) is 10.0. The van der Waals surface area contributed by atoms with Crippen LogP contribution in [0.2, 0.25) is 0 Å². The smallest absolute Gasteiger partial charge is 0.317 e. The molecule has 4 nitrogen and oxygen atoms in total. The number of hydrogen-bond acceptors (Lipinski definition) is 2. The van der Waals surface area contributed by atoms with Gasteiger partial charge in [-0.25, -0.2) is 4.79 Å². The number of nitrogens with zero attached hydrogens (tertiary/aromatic N) is 1. The summed E-state index contributed by atoms with van der Waals surface area (Å²) in [6, 6.07) is 0.0904. The second-order valence-corrected chi connectivity index (χ2v) is 4.16. The lowest BCUT2D eigenvalue weighted by molar-refractivity contribution is 0.0522. The predicted octanol–water partition coefficient (Wildman–Crippen LogP) is 0.971. The Labute approximate surface area is 84.6 Å². The molecule has 1 saturated carbocycles. The molecule has 0 aromatic carbocycles. The lowest BCUT2D eigenvalue weighted by atomic mass is 10.2. The van der Waals surface area contributed by atoms with Crippen molar-refractivity contribution in [2.75, 3.05) is 26.3 Å². The Bertz CT molecular complexity index is 220. The van der Waals surface area contributed by atoms with Gasteiger partial charge in [0, 0.05) is 18.6 Å². The van der Waals surface area contributed by atoms with Crippen molar-refractivity contribution in [2.45, 2.75) is 31.7 Å². The Balaban J connectivity index is 1.82. The van der Waals surface area contributed by atoms with Gasteiger partial charge in [-0.3, -0.25) is 0 Å². The van der Waals surface area contributed by atoms with Crippen LogP contribution in [0.15, 0.2) is 0 Å². The molecular formula is C10H18N2O2. The molecule has 2 aliphatic rings. The van der Waals surface area contributed by atoms with E-state index >= 15 is 0 Å². The first kappa shape index (κ1) is 9.77. The molecule has 2 amide bonds. The number of urea groups is 1. The molecule has 0 spiro atoms. The van der Waals surface area contributed by atoms with Crippen molar-refractivity contribution in [1.29, 1.82) is 0 Å². The van der Waals surface area contributed by atoms with E-state index in [1.807, 2.05) is 4.90 Å². The van der Waals surface area contributed by atoms with E-state index < -0.39 is 0 Å². The normalized spacial score (nSPS) is 24.5. The van der Waals surface area contributed by atoms with Crippen molar-refractivity contribution in [2.24, 2.45) is 0 Å². The zero-order valence-corrected chi connectivity index (χ0v) is 8.71. The van der Waals surface area contributed by atoms with Gasteiger partial charge >= 0.3 is 6.03 Å². The molecule has 0 bridgehead atoms. The first-order valence-electron chi connectivity index (χ1n) is 5.41. The largest absolute Gasteiger partial charge is 0.378 e. The summed E-state index contributed by atoms with van der Waals surface area (Å²) in [7, 11) is 0. The van der Waals surface area contributed by atoms with E-state index in [1.54, 1.807) is 0 Å². The van der Waals surface area contributed by atoms with E-state index in [0.717, 1.165) is 32.4 Å². The van der Waals surface area contributed by atoms with Crippen LogP contribution in [-0.4, -0.2) is 42.8 Å². The van der Waals surface area contributed by atoms with Crippen LogP contribution in [0.4, 0.5) is 4.79 Å². The maximum atomic E-state index is 11.8. The first-order chi connectivity index (χ1) is 6.76. The molecule has 0 unspecified atom stereocenters. The summed E-state index contributed by atoms with van der Waals surface area (Å²) in [5, 5.41) is 3.12. The number of carbonyl (C=O) groups excluding carboxylic acids is 1. The minimum absolute atomic E-state index is 0.0904. The second-order valence-electron chi connectivity index (χ2n) is 4.16. The summed E-state index contributed by atoms with van der Waals surface area (Å²) in [5.41, 5.74) is 0.134. The molecule has 0 aromatic rings. The SMILES string of the molecule is CCC1(NC(=O)N2CCOCC2)CC1. The van der Waals surface area contributed by atoms with Crippen LogP contribution in [0.1, 0.15) is 26.2 Å². The van der Waals surface area contributed by atoms with Crippen LogP contribution < -0.4 is 5.32 Å². The van der Waals surface area contributed by atoms with Crippen molar-refractivity contribution < 1.29 is 9.53 Å². The van der Waals surface area contributed by atoms with Crippen LogP contribution >= 0.6 is 0 Å². The molecule has 2 rings (SSSR count). The van der Waals surface area contributed by atoms with E-state index in [-0.39, 0.29) is 11.6 Å². The summed E-state index contributed by atoms with van der Waals surface area (Å²) in [5.74, 6) is 0. The van der Waals surface area contributed by atoms with E-state index in [9.17, 15) is 4.79 Å². The minimum atomic E-state index is 0.0904. The van der Waals surface area contributed by atoms with Crippen molar-refractivity contribution in [3.8, 4) is 0 Å². The Hall–Kier alpha value is -0.770. The quantitative estimate of drug-likeness (QED) is 0.718. The summed E-state index contributed by atoms with van der Waals surface area (Å²) in [6.45, 7) is 4.93. The molecule has 1 aliphatic heterocycles. The van der Waals surface area contributed by atoms with Gasteiger partial charge in [0.2, 0.25) is 0 Å². The predicted molar refractivity (Wildman–Crippen MR) is 53.2 cm³/mol. The third-order valence-electron chi connectivity index (χ3n) is 3.20. The number of carbonyl (C=O) groups is 1. The lowest BCUT2D eigenvalue weighted by Crippen LogP contribution is -2.50. The summed E-state index contributed by atoms with van der Waals surface area (Å²) < 4.78 is 5.20. The summed E-state index contributed by atoms with van der Waals surface area (Å²) >= 11 is 0. The third kappa shape index (κ3) is 2.00. The van der Waals surface area contributed by atoms with Crippen molar-refractivity contribution in [1.82, 2.24) is 10.2 Å². The van der Waals surface area contributed by atoms with Crippen LogP contribution in [0, 0.1) is 0 Å². The molecule has 1 heterocycles. The van der Waals surface area contributed by atoms with Gasteiger partial charge in [-0.05, 0) is 19.3 Å². The molecule has 2 fully saturated rings. The van der Waals surface area contributed by atoms with E-state index in [2.05, 4.69) is 12.2 Å². The fourth-order valence-electron chi connectivity index (χ4n) is 1.79. The summed E-state index contributed by atoms with van der Waals surface area (Å²) in [4.78, 5) is 13.6. The highest BCUT2D eigenvalue weighted by Gasteiger charge is 2.42. The highest BCUT2D eigenvalue weighted by Crippen LogP contribution is 2.38. The fraction of sp³-hybridized carbons (Fsp3) is 0.900. The lowest BCUT2D eigenvalue weighted by Gasteiger charge is -2.29. The highest BCUT2D eigenvalue weighted by molar-refractivity contribution is 5.75. The third-order valence-corrected chi connectivity index (χ3v) is 3.20. The van der Waals surface area contributed by atoms with Crippen LogP contribution in [-0.2, 0) is 4.74 Å². The average Bonchev–Trinajstić information content (AvgIpc) is 3.00. The van der Waals surface area contributed by atoms with Gasteiger partial charge in [0.05, 0.1) is 13.2 Å². The topological polar surface area (TPSA) is 41.6 Å². The first-order valence-corrected chi connectivity index (χ1v) is 5.41. The highest BCUT2D eigenvalue weighted by atomic mass is 16.5. The number of morpholine rings is 1. The Morgan fingerprint density at radius 3 is 2.57 bits per heavy atom. The van der Waals surface area contributed by atoms with Gasteiger partial charge in [-0.2, -0.15) is 0 Å². The molecule has 0 aromatic heterocycles. The van der Waals surface area contributed by atoms with Gasteiger partial charge in [0.25, 0.3) is 0 Å². The number of hydrogen-bond donors (Lipinski definition) is 1. The maximum Gasteiger partial charge on any atom is 0.317 e. The molecule has 1 saturated heterocycles. The van der Waals surface area contributed by atoms with E-state index in [4.69, 9.17) is 4.74 Å². The van der Waals surface area contributed by atoms with E-state index in [0.29, 0.717) is 13.2 Å². The minimum Gasteiger partial charge on any atom is -0.378 e. The van der Waals surface area contributed by atoms with Gasteiger partial charge in [-0.15, -0.1) is 0 Å². The molecule has 0 radical (unpaired) electrons. The molecule has 0 atom stereocenters. The van der Waals surface area contributed by atoms with Crippen molar-refractivity contribution in [3.63, 3.8) is 0 Å². The number of nitrogens with one attached hydrogen (secondary N) is 1. The Morgan fingerprint density at radius 2 is 2.07 bits per heavy atom. The van der Waals surface area contributed by atoms with Gasteiger partial charge < -0.3 is 15.0 Å². The Morgan fingerprint density at radius 1 is 1.43 bits per heavy atom. The molecule has 4 heteroatoms. The van der Waals surface area contributed by atoms with Gasteiger partial charge in [-0.1, -0.05) is 6.92 Å². The standard InChI is InChI=1S/C10H18N2O2/c1-2-10(3-4-10)11-9(13)12-5-7-14-8-6-12/h2-8H2,1H3,(H,11,13). The molecule has 1 N–H and O–H groups in total. The van der Waals surface area contributed by atoms with Crippen molar-refractivity contribution in [3.05, 3.63) is 0 Å². The monoisotopic (exact) mass is 198 g/mol. The van der Waals surface area contributed by atoms with Gasteiger partial charge in [0.1, 0.15) is 0 Å². The molecular weight excluding hydrogens is 180 g/mol. The average molecular weight is 198 g/mol. The Kier molecular flexibility index (Phi) is 2.63.